The number of nitrogens with zero attached hydrogens (tertiary/aromatic N) is 2. The normalized spacial score (nSPS) is 10.8. The van der Waals surface area contributed by atoms with E-state index in [0.29, 0.717) is 6.61 Å². The van der Waals surface area contributed by atoms with E-state index in [2.05, 4.69) is 39.8 Å². The van der Waals surface area contributed by atoms with Gasteiger partial charge in [-0.3, -0.25) is 4.99 Å². The second-order valence-corrected chi connectivity index (χ2v) is 6.63. The summed E-state index contributed by atoms with van der Waals surface area (Å²) in [6.45, 7) is 2.43. The molecule has 0 amide bonds. The lowest BCUT2D eigenvalue weighted by Gasteiger charge is -2.21. The molecule has 0 saturated heterocycles. The molecule has 1 aromatic heterocycles. The van der Waals surface area contributed by atoms with Crippen LogP contribution in [0.3, 0.4) is 0 Å². The summed E-state index contributed by atoms with van der Waals surface area (Å²) in [5, 5.41) is 5.50. The van der Waals surface area contributed by atoms with Gasteiger partial charge >= 0.3 is 0 Å². The lowest BCUT2D eigenvalue weighted by Crippen LogP contribution is -2.40. The predicted octanol–water partition coefficient (Wildman–Crippen LogP) is 3.89. The Labute approximate surface area is 177 Å². The Morgan fingerprint density at radius 1 is 1.19 bits per heavy atom. The van der Waals surface area contributed by atoms with Gasteiger partial charge in [-0.15, -0.1) is 35.3 Å². The average molecular weight is 489 g/mol. The van der Waals surface area contributed by atoms with Gasteiger partial charge in [0.15, 0.2) is 5.96 Å². The molecule has 1 aromatic carbocycles. The van der Waals surface area contributed by atoms with Crippen LogP contribution < -0.4 is 14.8 Å². The van der Waals surface area contributed by atoms with Crippen molar-refractivity contribution in [3.8, 4) is 11.5 Å². The number of nitrogens with one attached hydrogen (secondary N) is 1. The van der Waals surface area contributed by atoms with Crippen molar-refractivity contribution < 1.29 is 9.47 Å². The van der Waals surface area contributed by atoms with E-state index in [9.17, 15) is 0 Å². The van der Waals surface area contributed by atoms with Crippen LogP contribution in [0.2, 0.25) is 0 Å². The Morgan fingerprint density at radius 2 is 1.92 bits per heavy atom. The van der Waals surface area contributed by atoms with Crippen LogP contribution in [-0.4, -0.2) is 51.8 Å². The Hall–Kier alpha value is -1.48. The Kier molecular flexibility index (Phi) is 11.1. The summed E-state index contributed by atoms with van der Waals surface area (Å²) in [4.78, 5) is 7.90. The van der Waals surface area contributed by atoms with Gasteiger partial charge in [0.25, 0.3) is 0 Å². The van der Waals surface area contributed by atoms with Crippen LogP contribution in [0.4, 0.5) is 0 Å². The zero-order valence-corrected chi connectivity index (χ0v) is 18.8. The third-order valence-corrected chi connectivity index (χ3v) is 4.72. The standard InChI is InChI=1S/C19H27N3O2S.HI/c1-20-19(22(2)13-11-18-6-4-15-25-18)21-12-5-14-24-17-9-7-16(23-3)8-10-17;/h4,6-10,15H,5,11-14H2,1-3H3,(H,20,21);1H. The predicted molar refractivity (Wildman–Crippen MR) is 121 cm³/mol. The van der Waals surface area contributed by atoms with Crippen molar-refractivity contribution in [3.05, 3.63) is 46.7 Å². The van der Waals surface area contributed by atoms with Crippen molar-refractivity contribution in [1.82, 2.24) is 10.2 Å². The summed E-state index contributed by atoms with van der Waals surface area (Å²) in [6.07, 6.45) is 1.94. The molecule has 0 fully saturated rings. The third kappa shape index (κ3) is 7.82. The first-order chi connectivity index (χ1) is 12.2. The molecule has 0 atom stereocenters. The first-order valence-corrected chi connectivity index (χ1v) is 9.32. The van der Waals surface area contributed by atoms with Gasteiger partial charge in [0.1, 0.15) is 11.5 Å². The average Bonchev–Trinajstić information content (AvgIpc) is 3.17. The molecule has 1 heterocycles. The van der Waals surface area contributed by atoms with E-state index in [1.54, 1.807) is 18.4 Å². The maximum absolute atomic E-state index is 5.73. The van der Waals surface area contributed by atoms with Gasteiger partial charge in [-0.1, -0.05) is 6.07 Å². The molecule has 0 unspecified atom stereocenters. The first kappa shape index (κ1) is 22.6. The lowest BCUT2D eigenvalue weighted by molar-refractivity contribution is 0.309. The zero-order chi connectivity index (χ0) is 17.9. The van der Waals surface area contributed by atoms with Crippen molar-refractivity contribution in [2.24, 2.45) is 4.99 Å². The molecule has 0 bridgehead atoms. The maximum atomic E-state index is 5.73. The molecule has 1 N–H and O–H groups in total. The lowest BCUT2D eigenvalue weighted by atomic mass is 10.3. The molecule has 0 saturated carbocycles. The van der Waals surface area contributed by atoms with Crippen LogP contribution in [0, 0.1) is 0 Å². The smallest absolute Gasteiger partial charge is 0.193 e. The minimum atomic E-state index is 0. The van der Waals surface area contributed by atoms with Gasteiger partial charge in [-0.2, -0.15) is 0 Å². The van der Waals surface area contributed by atoms with Gasteiger partial charge in [0.2, 0.25) is 0 Å². The molecule has 2 aromatic rings. The van der Waals surface area contributed by atoms with E-state index in [1.165, 1.54) is 4.88 Å². The molecule has 5 nitrogen and oxygen atoms in total. The van der Waals surface area contributed by atoms with E-state index in [4.69, 9.17) is 9.47 Å². The number of hydrogen-bond donors (Lipinski definition) is 1. The molecule has 2 rings (SSSR count). The molecular formula is C19H28IN3O2S. The van der Waals surface area contributed by atoms with Gasteiger partial charge < -0.3 is 19.7 Å². The van der Waals surface area contributed by atoms with Crippen molar-refractivity contribution in [1.29, 1.82) is 0 Å². The number of methoxy groups -OCH3 is 1. The second kappa shape index (κ2) is 12.8. The number of benzene rings is 1. The van der Waals surface area contributed by atoms with Crippen LogP contribution in [0.25, 0.3) is 0 Å². The molecule has 26 heavy (non-hydrogen) atoms. The molecule has 0 aliphatic heterocycles. The van der Waals surface area contributed by atoms with Gasteiger partial charge in [0, 0.05) is 32.1 Å². The molecule has 0 aliphatic carbocycles. The van der Waals surface area contributed by atoms with Crippen molar-refractivity contribution in [3.63, 3.8) is 0 Å². The summed E-state index contributed by atoms with van der Waals surface area (Å²) >= 11 is 1.80. The minimum Gasteiger partial charge on any atom is -0.497 e. The quantitative estimate of drug-likeness (QED) is 0.251. The molecular weight excluding hydrogens is 461 g/mol. The highest BCUT2D eigenvalue weighted by atomic mass is 127. The first-order valence-electron chi connectivity index (χ1n) is 8.44. The molecule has 0 aliphatic rings. The Bertz CT molecular complexity index is 633. The van der Waals surface area contributed by atoms with Gasteiger partial charge in [-0.25, -0.2) is 0 Å². The fourth-order valence-corrected chi connectivity index (χ4v) is 3.06. The SMILES string of the molecule is CN=C(NCCCOc1ccc(OC)cc1)N(C)CCc1cccs1.I. The number of halogens is 1. The number of ether oxygens (including phenoxy) is 2. The van der Waals surface area contributed by atoms with Crippen LogP contribution in [-0.2, 0) is 6.42 Å². The Balaban J connectivity index is 0.00000338. The number of guanidine groups is 1. The van der Waals surface area contributed by atoms with Crippen LogP contribution in [0.5, 0.6) is 11.5 Å². The number of thiophene rings is 1. The van der Waals surface area contributed by atoms with E-state index >= 15 is 0 Å². The fourth-order valence-electron chi connectivity index (χ4n) is 2.36. The summed E-state index contributed by atoms with van der Waals surface area (Å²) in [5.74, 6) is 2.61. The van der Waals surface area contributed by atoms with Gasteiger partial charge in [0.05, 0.1) is 13.7 Å². The number of likely N-dealkylation sites (N-methyl/N-ethyl adjacent to an activating group) is 1. The topological polar surface area (TPSA) is 46.1 Å². The highest BCUT2D eigenvalue weighted by molar-refractivity contribution is 14.0. The molecule has 144 valence electrons. The summed E-state index contributed by atoms with van der Waals surface area (Å²) in [7, 11) is 5.54. The fraction of sp³-hybridized carbons (Fsp3) is 0.421. The minimum absolute atomic E-state index is 0. The summed E-state index contributed by atoms with van der Waals surface area (Å²) in [5.41, 5.74) is 0. The maximum Gasteiger partial charge on any atom is 0.193 e. The largest absolute Gasteiger partial charge is 0.497 e. The highest BCUT2D eigenvalue weighted by Gasteiger charge is 2.06. The summed E-state index contributed by atoms with van der Waals surface area (Å²) in [6, 6.07) is 11.9. The van der Waals surface area contributed by atoms with E-state index < -0.39 is 0 Å². The van der Waals surface area contributed by atoms with Crippen molar-refractivity contribution in [2.75, 3.05) is 40.9 Å². The molecule has 0 spiro atoms. The van der Waals surface area contributed by atoms with E-state index in [-0.39, 0.29) is 24.0 Å². The van der Waals surface area contributed by atoms with E-state index in [1.807, 2.05) is 31.3 Å². The van der Waals surface area contributed by atoms with Crippen molar-refractivity contribution in [2.45, 2.75) is 12.8 Å². The van der Waals surface area contributed by atoms with E-state index in [0.717, 1.165) is 43.4 Å². The number of hydrogen-bond acceptors (Lipinski definition) is 4. The molecule has 7 heteroatoms. The zero-order valence-electron chi connectivity index (χ0n) is 15.6. The number of aliphatic imine (C=N–C) groups is 1. The number of rotatable bonds is 9. The van der Waals surface area contributed by atoms with Crippen LogP contribution in [0.1, 0.15) is 11.3 Å². The second-order valence-electron chi connectivity index (χ2n) is 5.60. The van der Waals surface area contributed by atoms with Gasteiger partial charge in [-0.05, 0) is 48.6 Å². The molecule has 0 radical (unpaired) electrons. The monoisotopic (exact) mass is 489 g/mol. The summed E-state index contributed by atoms with van der Waals surface area (Å²) < 4.78 is 10.9. The highest BCUT2D eigenvalue weighted by Crippen LogP contribution is 2.16. The van der Waals surface area contributed by atoms with Crippen LogP contribution in [0.15, 0.2) is 46.8 Å². The van der Waals surface area contributed by atoms with Crippen molar-refractivity contribution >= 4 is 41.3 Å². The van der Waals surface area contributed by atoms with Crippen LogP contribution >= 0.6 is 35.3 Å². The Morgan fingerprint density at radius 3 is 2.54 bits per heavy atom. The third-order valence-electron chi connectivity index (χ3n) is 3.78.